The summed E-state index contributed by atoms with van der Waals surface area (Å²) < 4.78 is 13.9. The zero-order valence-electron chi connectivity index (χ0n) is 12.7. The van der Waals surface area contributed by atoms with Gasteiger partial charge in [0, 0.05) is 17.0 Å². The van der Waals surface area contributed by atoms with Crippen LogP contribution in [-0.2, 0) is 6.54 Å². The maximum atomic E-state index is 13.9. The Hall–Kier alpha value is -0.540. The van der Waals surface area contributed by atoms with Gasteiger partial charge < -0.3 is 5.32 Å². The van der Waals surface area contributed by atoms with Gasteiger partial charge in [-0.1, -0.05) is 19.9 Å². The van der Waals surface area contributed by atoms with E-state index in [1.54, 1.807) is 17.8 Å². The van der Waals surface area contributed by atoms with E-state index >= 15 is 0 Å². The molecule has 0 aliphatic carbocycles. The van der Waals surface area contributed by atoms with Crippen LogP contribution < -0.4 is 5.32 Å². The van der Waals surface area contributed by atoms with Crippen LogP contribution in [0.4, 0.5) is 4.39 Å². The van der Waals surface area contributed by atoms with Gasteiger partial charge in [-0.3, -0.25) is 0 Å². The molecular weight excluding hydrogens is 257 g/mol. The first-order chi connectivity index (χ1) is 8.78. The first-order valence-electron chi connectivity index (χ1n) is 6.94. The summed E-state index contributed by atoms with van der Waals surface area (Å²) in [5.74, 6) is 1.56. The van der Waals surface area contributed by atoms with Crippen molar-refractivity contribution in [2.75, 3.05) is 5.75 Å². The van der Waals surface area contributed by atoms with Gasteiger partial charge in [0.25, 0.3) is 0 Å². The number of rotatable bonds is 6. The molecule has 0 saturated heterocycles. The number of halogens is 1. The van der Waals surface area contributed by atoms with Gasteiger partial charge in [0.15, 0.2) is 0 Å². The van der Waals surface area contributed by atoms with E-state index in [1.807, 2.05) is 12.1 Å². The number of thioether (sulfide) groups is 1. The van der Waals surface area contributed by atoms with Crippen molar-refractivity contribution in [3.63, 3.8) is 0 Å². The molecule has 1 N–H and O–H groups in total. The molecule has 0 fully saturated rings. The molecule has 0 saturated carbocycles. The lowest BCUT2D eigenvalue weighted by Crippen LogP contribution is -2.35. The van der Waals surface area contributed by atoms with E-state index in [2.05, 4.69) is 39.9 Å². The molecule has 19 heavy (non-hydrogen) atoms. The minimum Gasteiger partial charge on any atom is -0.308 e. The van der Waals surface area contributed by atoms with Crippen molar-refractivity contribution >= 4 is 11.8 Å². The molecule has 0 aliphatic rings. The maximum absolute atomic E-state index is 13.9. The summed E-state index contributed by atoms with van der Waals surface area (Å²) in [5.41, 5.74) is 1.06. The molecule has 0 radical (unpaired) electrons. The Morgan fingerprint density at radius 2 is 1.95 bits per heavy atom. The van der Waals surface area contributed by atoms with E-state index in [9.17, 15) is 4.39 Å². The summed E-state index contributed by atoms with van der Waals surface area (Å²) in [6.45, 7) is 11.4. The van der Waals surface area contributed by atoms with Gasteiger partial charge in [0.1, 0.15) is 5.82 Å². The summed E-state index contributed by atoms with van der Waals surface area (Å²) in [4.78, 5) is 0.764. The summed E-state index contributed by atoms with van der Waals surface area (Å²) in [7, 11) is 0. The zero-order chi connectivity index (χ0) is 14.5. The van der Waals surface area contributed by atoms with Crippen molar-refractivity contribution in [3.05, 3.63) is 29.6 Å². The van der Waals surface area contributed by atoms with E-state index in [-0.39, 0.29) is 11.4 Å². The molecule has 108 valence electrons. The fourth-order valence-electron chi connectivity index (χ4n) is 1.54. The Labute approximate surface area is 121 Å². The quantitative estimate of drug-likeness (QED) is 0.749. The van der Waals surface area contributed by atoms with Crippen LogP contribution in [0.1, 0.15) is 46.6 Å². The summed E-state index contributed by atoms with van der Waals surface area (Å²) in [5, 5.41) is 3.37. The molecule has 0 heterocycles. The Bertz CT molecular complexity index is 396. The van der Waals surface area contributed by atoms with Crippen molar-refractivity contribution in [3.8, 4) is 0 Å². The van der Waals surface area contributed by atoms with Gasteiger partial charge in [0.2, 0.25) is 0 Å². The molecular formula is C16H26FNS. The van der Waals surface area contributed by atoms with Crippen molar-refractivity contribution in [1.29, 1.82) is 0 Å². The minimum absolute atomic E-state index is 0.0567. The molecule has 0 aliphatic heterocycles. The highest BCUT2D eigenvalue weighted by atomic mass is 32.2. The lowest BCUT2D eigenvalue weighted by Gasteiger charge is -2.20. The van der Waals surface area contributed by atoms with Gasteiger partial charge in [-0.15, -0.1) is 11.8 Å². The SMILES string of the molecule is CC(C)CCSc1ccc(CNC(C)(C)C)cc1F. The van der Waals surface area contributed by atoms with Gasteiger partial charge in [0.05, 0.1) is 0 Å². The van der Waals surface area contributed by atoms with Crippen LogP contribution in [0.5, 0.6) is 0 Å². The zero-order valence-corrected chi connectivity index (χ0v) is 13.5. The van der Waals surface area contributed by atoms with Crippen LogP contribution >= 0.6 is 11.8 Å². The molecule has 0 aromatic heterocycles. The third-order valence-corrected chi connectivity index (χ3v) is 3.85. The molecule has 3 heteroatoms. The first-order valence-corrected chi connectivity index (χ1v) is 7.93. The third kappa shape index (κ3) is 6.98. The van der Waals surface area contributed by atoms with Crippen molar-refractivity contribution in [1.82, 2.24) is 5.32 Å². The lowest BCUT2D eigenvalue weighted by atomic mass is 10.1. The van der Waals surface area contributed by atoms with E-state index in [1.165, 1.54) is 0 Å². The van der Waals surface area contributed by atoms with Gasteiger partial charge in [-0.05, 0) is 56.6 Å². The fourth-order valence-corrected chi connectivity index (χ4v) is 2.71. The lowest BCUT2D eigenvalue weighted by molar-refractivity contribution is 0.423. The molecule has 1 nitrogen and oxygen atoms in total. The second-order valence-corrected chi connectivity index (χ2v) is 7.54. The number of nitrogens with one attached hydrogen (secondary N) is 1. The molecule has 1 aromatic carbocycles. The van der Waals surface area contributed by atoms with E-state index in [4.69, 9.17) is 0 Å². The monoisotopic (exact) mass is 283 g/mol. The molecule has 1 aromatic rings. The average molecular weight is 283 g/mol. The summed E-state index contributed by atoms with van der Waals surface area (Å²) in [6, 6.07) is 5.57. The predicted octanol–water partition coefficient (Wildman–Crippen LogP) is 4.85. The number of benzene rings is 1. The first kappa shape index (κ1) is 16.5. The van der Waals surface area contributed by atoms with Crippen LogP contribution in [0.2, 0.25) is 0 Å². The van der Waals surface area contributed by atoms with Gasteiger partial charge >= 0.3 is 0 Å². The number of hydrogen-bond acceptors (Lipinski definition) is 2. The largest absolute Gasteiger partial charge is 0.308 e. The molecule has 0 spiro atoms. The highest BCUT2D eigenvalue weighted by Crippen LogP contribution is 2.24. The fraction of sp³-hybridized carbons (Fsp3) is 0.625. The topological polar surface area (TPSA) is 12.0 Å². The van der Waals surface area contributed by atoms with E-state index in [0.29, 0.717) is 12.5 Å². The Morgan fingerprint density at radius 3 is 2.47 bits per heavy atom. The Balaban J connectivity index is 2.54. The smallest absolute Gasteiger partial charge is 0.137 e. The van der Waals surface area contributed by atoms with Crippen molar-refractivity contribution < 1.29 is 4.39 Å². The Kier molecular flexibility index (Phi) is 6.34. The summed E-state index contributed by atoms with van der Waals surface area (Å²) in [6.07, 6.45) is 1.12. The van der Waals surface area contributed by atoms with Crippen LogP contribution in [0.25, 0.3) is 0 Å². The standard InChI is InChI=1S/C16H26FNS/c1-12(2)8-9-19-15-7-6-13(10-14(15)17)11-18-16(3,4)5/h6-7,10,12,18H,8-9,11H2,1-5H3. The average Bonchev–Trinajstić information content (AvgIpc) is 2.27. The molecule has 1 rings (SSSR count). The van der Waals surface area contributed by atoms with E-state index < -0.39 is 0 Å². The normalized spacial score (nSPS) is 12.2. The van der Waals surface area contributed by atoms with Gasteiger partial charge in [-0.25, -0.2) is 4.39 Å². The van der Waals surface area contributed by atoms with Crippen LogP contribution in [0.15, 0.2) is 23.1 Å². The van der Waals surface area contributed by atoms with Crippen LogP contribution in [-0.4, -0.2) is 11.3 Å². The minimum atomic E-state index is -0.0954. The highest BCUT2D eigenvalue weighted by molar-refractivity contribution is 7.99. The van der Waals surface area contributed by atoms with Crippen molar-refractivity contribution in [2.24, 2.45) is 5.92 Å². The van der Waals surface area contributed by atoms with Crippen molar-refractivity contribution in [2.45, 2.75) is 58.0 Å². The molecule has 0 amide bonds. The molecule has 0 bridgehead atoms. The molecule has 0 unspecified atom stereocenters. The third-order valence-electron chi connectivity index (χ3n) is 2.77. The van der Waals surface area contributed by atoms with Crippen LogP contribution in [0.3, 0.4) is 0 Å². The second kappa shape index (κ2) is 7.30. The number of hydrogen-bond donors (Lipinski definition) is 1. The van der Waals surface area contributed by atoms with Gasteiger partial charge in [-0.2, -0.15) is 0 Å². The van der Waals surface area contributed by atoms with E-state index in [0.717, 1.165) is 22.6 Å². The maximum Gasteiger partial charge on any atom is 0.137 e. The van der Waals surface area contributed by atoms with Crippen LogP contribution in [0, 0.1) is 11.7 Å². The summed E-state index contributed by atoms with van der Waals surface area (Å²) >= 11 is 1.61. The second-order valence-electron chi connectivity index (χ2n) is 6.40. The molecule has 0 atom stereocenters. The Morgan fingerprint density at radius 1 is 1.26 bits per heavy atom. The highest BCUT2D eigenvalue weighted by Gasteiger charge is 2.10. The predicted molar refractivity (Wildman–Crippen MR) is 83.2 cm³/mol.